The molecular formula is C26H30N6O3. The Balaban J connectivity index is 1.64. The number of carbonyl (C=O) groups is 2. The van der Waals surface area contributed by atoms with Gasteiger partial charge in [-0.3, -0.25) is 4.79 Å². The second-order valence-corrected chi connectivity index (χ2v) is 9.13. The highest BCUT2D eigenvalue weighted by Gasteiger charge is 2.24. The predicted molar refractivity (Wildman–Crippen MR) is 134 cm³/mol. The third kappa shape index (κ3) is 4.94. The number of amides is 1. The SMILES string of the molecule is Cc1ccc(-c2cc(C(=O)OC(C)C(=O)Nc3ccnn3C(C)C)c3cnn(C(C)C)c3n2)cc1. The molecule has 0 saturated heterocycles. The lowest BCUT2D eigenvalue weighted by molar-refractivity contribution is -0.123. The molecule has 0 saturated carbocycles. The summed E-state index contributed by atoms with van der Waals surface area (Å²) in [6, 6.07) is 11.4. The Bertz CT molecular complexity index is 1370. The van der Waals surface area contributed by atoms with Crippen molar-refractivity contribution in [1.29, 1.82) is 0 Å². The Morgan fingerprint density at radius 2 is 1.63 bits per heavy atom. The standard InChI is InChI=1S/C26H30N6O3/c1-15(2)31-23(11-12-27-31)30-25(33)18(6)35-26(34)20-13-22(19-9-7-17(5)8-10-19)29-24-21(20)14-28-32(24)16(3)4/h7-16,18H,1-6H3,(H,30,33). The van der Waals surface area contributed by atoms with Gasteiger partial charge in [0.15, 0.2) is 11.8 Å². The number of ether oxygens (including phenoxy) is 1. The number of anilines is 1. The number of fused-ring (bicyclic) bond motifs is 1. The monoisotopic (exact) mass is 474 g/mol. The average Bonchev–Trinajstić information content (AvgIpc) is 3.45. The number of hydrogen-bond acceptors (Lipinski definition) is 6. The molecule has 9 nitrogen and oxygen atoms in total. The summed E-state index contributed by atoms with van der Waals surface area (Å²) in [6.07, 6.45) is 2.20. The Morgan fingerprint density at radius 1 is 0.943 bits per heavy atom. The zero-order valence-corrected chi connectivity index (χ0v) is 20.8. The minimum Gasteiger partial charge on any atom is -0.449 e. The fraction of sp³-hybridized carbons (Fsp3) is 0.346. The van der Waals surface area contributed by atoms with E-state index in [0.717, 1.165) is 11.1 Å². The number of hydrogen-bond donors (Lipinski definition) is 1. The summed E-state index contributed by atoms with van der Waals surface area (Å²) in [5.74, 6) is -0.518. The van der Waals surface area contributed by atoms with Crippen LogP contribution < -0.4 is 5.32 Å². The van der Waals surface area contributed by atoms with Crippen LogP contribution in [0.25, 0.3) is 22.3 Å². The molecule has 1 amide bonds. The van der Waals surface area contributed by atoms with Crippen molar-refractivity contribution in [3.8, 4) is 11.3 Å². The van der Waals surface area contributed by atoms with E-state index in [1.54, 1.807) is 40.8 Å². The van der Waals surface area contributed by atoms with Crippen molar-refractivity contribution in [3.05, 3.63) is 59.9 Å². The van der Waals surface area contributed by atoms with Crippen molar-refractivity contribution >= 4 is 28.7 Å². The number of rotatable bonds is 7. The molecule has 0 aliphatic carbocycles. The molecule has 182 valence electrons. The highest BCUT2D eigenvalue weighted by Crippen LogP contribution is 2.27. The van der Waals surface area contributed by atoms with E-state index in [2.05, 4.69) is 15.5 Å². The van der Waals surface area contributed by atoms with Gasteiger partial charge in [-0.15, -0.1) is 0 Å². The predicted octanol–water partition coefficient (Wildman–Crippen LogP) is 4.95. The third-order valence-electron chi connectivity index (χ3n) is 5.69. The van der Waals surface area contributed by atoms with Gasteiger partial charge in [0.05, 0.1) is 29.0 Å². The van der Waals surface area contributed by atoms with Gasteiger partial charge in [-0.05, 0) is 47.6 Å². The molecule has 1 N–H and O–H groups in total. The summed E-state index contributed by atoms with van der Waals surface area (Å²) in [6.45, 7) is 11.5. The van der Waals surface area contributed by atoms with Gasteiger partial charge >= 0.3 is 5.97 Å². The van der Waals surface area contributed by atoms with E-state index >= 15 is 0 Å². The lowest BCUT2D eigenvalue weighted by atomic mass is 10.1. The molecule has 1 atom stereocenters. The number of nitrogens with zero attached hydrogens (tertiary/aromatic N) is 5. The van der Waals surface area contributed by atoms with Crippen molar-refractivity contribution in [1.82, 2.24) is 24.5 Å². The summed E-state index contributed by atoms with van der Waals surface area (Å²) >= 11 is 0. The molecule has 0 aliphatic heterocycles. The van der Waals surface area contributed by atoms with E-state index in [1.165, 1.54) is 0 Å². The van der Waals surface area contributed by atoms with Gasteiger partial charge in [0.25, 0.3) is 5.91 Å². The van der Waals surface area contributed by atoms with Crippen LogP contribution >= 0.6 is 0 Å². The Morgan fingerprint density at radius 3 is 2.29 bits per heavy atom. The molecule has 4 rings (SSSR count). The van der Waals surface area contributed by atoms with Crippen molar-refractivity contribution in [3.63, 3.8) is 0 Å². The smallest absolute Gasteiger partial charge is 0.339 e. The minimum atomic E-state index is -1.02. The van der Waals surface area contributed by atoms with Crippen molar-refractivity contribution in [2.75, 3.05) is 5.32 Å². The number of aryl methyl sites for hydroxylation is 1. The van der Waals surface area contributed by atoms with Crippen LogP contribution in [0, 0.1) is 6.92 Å². The molecule has 3 heterocycles. The van der Waals surface area contributed by atoms with Crippen molar-refractivity contribution < 1.29 is 14.3 Å². The second-order valence-electron chi connectivity index (χ2n) is 9.13. The highest BCUT2D eigenvalue weighted by molar-refractivity contribution is 6.05. The van der Waals surface area contributed by atoms with Gasteiger partial charge in [0.1, 0.15) is 5.82 Å². The number of nitrogens with one attached hydrogen (secondary N) is 1. The first-order valence-corrected chi connectivity index (χ1v) is 11.7. The maximum absolute atomic E-state index is 13.3. The number of pyridine rings is 1. The third-order valence-corrected chi connectivity index (χ3v) is 5.69. The van der Waals surface area contributed by atoms with E-state index in [9.17, 15) is 9.59 Å². The fourth-order valence-corrected chi connectivity index (χ4v) is 3.77. The Kier molecular flexibility index (Phi) is 6.68. The summed E-state index contributed by atoms with van der Waals surface area (Å²) in [7, 11) is 0. The van der Waals surface area contributed by atoms with Crippen LogP contribution in [0.5, 0.6) is 0 Å². The summed E-state index contributed by atoms with van der Waals surface area (Å²) in [4.78, 5) is 30.8. The van der Waals surface area contributed by atoms with Gasteiger partial charge in [-0.2, -0.15) is 10.2 Å². The lowest BCUT2D eigenvalue weighted by Crippen LogP contribution is -2.31. The summed E-state index contributed by atoms with van der Waals surface area (Å²) in [5, 5.41) is 12.0. The maximum Gasteiger partial charge on any atom is 0.339 e. The first-order chi connectivity index (χ1) is 16.7. The highest BCUT2D eigenvalue weighted by atomic mass is 16.5. The normalized spacial score (nSPS) is 12.3. The number of carbonyl (C=O) groups excluding carboxylic acids is 2. The molecule has 1 aromatic carbocycles. The second kappa shape index (κ2) is 9.69. The first-order valence-electron chi connectivity index (χ1n) is 11.7. The van der Waals surface area contributed by atoms with E-state index < -0.39 is 18.0 Å². The number of benzene rings is 1. The maximum atomic E-state index is 13.3. The van der Waals surface area contributed by atoms with E-state index in [-0.39, 0.29) is 12.1 Å². The van der Waals surface area contributed by atoms with Gasteiger partial charge in [0.2, 0.25) is 0 Å². The van der Waals surface area contributed by atoms with Gasteiger partial charge in [-0.25, -0.2) is 19.1 Å². The van der Waals surface area contributed by atoms with E-state index in [1.807, 2.05) is 58.9 Å². The topological polar surface area (TPSA) is 104 Å². The van der Waals surface area contributed by atoms with Crippen LogP contribution in [0.15, 0.2) is 48.8 Å². The molecule has 0 fully saturated rings. The lowest BCUT2D eigenvalue weighted by Gasteiger charge is -2.16. The first kappa shape index (κ1) is 24.1. The van der Waals surface area contributed by atoms with Crippen LogP contribution in [0.3, 0.4) is 0 Å². The largest absolute Gasteiger partial charge is 0.449 e. The van der Waals surface area contributed by atoms with Crippen LogP contribution in [0.2, 0.25) is 0 Å². The quantitative estimate of drug-likeness (QED) is 0.380. The Labute approximate surface area is 204 Å². The number of esters is 1. The van der Waals surface area contributed by atoms with Gasteiger partial charge in [0, 0.05) is 23.7 Å². The van der Waals surface area contributed by atoms with Crippen LogP contribution in [-0.2, 0) is 9.53 Å². The molecule has 1 unspecified atom stereocenters. The summed E-state index contributed by atoms with van der Waals surface area (Å²) < 4.78 is 9.05. The van der Waals surface area contributed by atoms with E-state index in [0.29, 0.717) is 28.1 Å². The van der Waals surface area contributed by atoms with Crippen LogP contribution in [0.4, 0.5) is 5.82 Å². The molecule has 4 aromatic rings. The van der Waals surface area contributed by atoms with Crippen LogP contribution in [0.1, 0.15) is 62.6 Å². The molecule has 0 aliphatic rings. The number of aromatic nitrogens is 5. The van der Waals surface area contributed by atoms with Gasteiger partial charge in [-0.1, -0.05) is 29.8 Å². The van der Waals surface area contributed by atoms with Gasteiger partial charge < -0.3 is 10.1 Å². The zero-order chi connectivity index (χ0) is 25.3. The molecule has 9 heteroatoms. The minimum absolute atomic E-state index is 0.0487. The van der Waals surface area contributed by atoms with E-state index in [4.69, 9.17) is 9.72 Å². The molecule has 0 radical (unpaired) electrons. The zero-order valence-electron chi connectivity index (χ0n) is 20.8. The molecule has 0 spiro atoms. The molecule has 35 heavy (non-hydrogen) atoms. The average molecular weight is 475 g/mol. The molecular weight excluding hydrogens is 444 g/mol. The Hall–Kier alpha value is -4.01. The fourth-order valence-electron chi connectivity index (χ4n) is 3.77. The molecule has 3 aromatic heterocycles. The van der Waals surface area contributed by atoms with Crippen LogP contribution in [-0.4, -0.2) is 42.5 Å². The van der Waals surface area contributed by atoms with Crippen molar-refractivity contribution in [2.24, 2.45) is 0 Å². The summed E-state index contributed by atoms with van der Waals surface area (Å²) in [5.41, 5.74) is 3.52. The van der Waals surface area contributed by atoms with Crippen molar-refractivity contribution in [2.45, 2.75) is 59.7 Å². The molecule has 0 bridgehead atoms.